The van der Waals surface area contributed by atoms with Crippen LogP contribution in [0.1, 0.15) is 20.3 Å². The van der Waals surface area contributed by atoms with Crippen LogP contribution < -0.4 is 5.32 Å². The zero-order valence-corrected chi connectivity index (χ0v) is 13.2. The van der Waals surface area contributed by atoms with Crippen molar-refractivity contribution < 1.29 is 14.7 Å². The van der Waals surface area contributed by atoms with E-state index in [4.69, 9.17) is 5.11 Å². The Morgan fingerprint density at radius 3 is 2.48 bits per heavy atom. The Morgan fingerprint density at radius 1 is 1.14 bits per heavy atom. The Kier molecular flexibility index (Phi) is 8.07. The first-order valence-corrected chi connectivity index (χ1v) is 7.76. The number of amides is 2. The van der Waals surface area contributed by atoms with E-state index in [-0.39, 0.29) is 12.6 Å². The predicted octanol–water partition coefficient (Wildman–Crippen LogP) is 0.130. The van der Waals surface area contributed by atoms with E-state index in [2.05, 4.69) is 24.1 Å². The van der Waals surface area contributed by atoms with Gasteiger partial charge in [0, 0.05) is 39.3 Å². The number of aliphatic carboxylic acids is 1. The molecule has 0 radical (unpaired) electrons. The summed E-state index contributed by atoms with van der Waals surface area (Å²) in [4.78, 5) is 28.7. The van der Waals surface area contributed by atoms with Crippen molar-refractivity contribution in [1.29, 1.82) is 0 Å². The average Bonchev–Trinajstić information content (AvgIpc) is 2.68. The average molecular weight is 300 g/mol. The second-order valence-corrected chi connectivity index (χ2v) is 5.27. The SMILES string of the molecule is CCN(CC)CCNC(=O)N1CCCN(CC(=O)O)CC1. The molecule has 1 rings (SSSR count). The number of rotatable bonds is 7. The molecule has 0 aromatic rings. The van der Waals surface area contributed by atoms with Gasteiger partial charge in [0.2, 0.25) is 0 Å². The summed E-state index contributed by atoms with van der Waals surface area (Å²) in [6.45, 7) is 10.4. The number of nitrogens with zero attached hydrogens (tertiary/aromatic N) is 3. The van der Waals surface area contributed by atoms with Gasteiger partial charge in [-0.2, -0.15) is 0 Å². The third kappa shape index (κ3) is 6.77. The van der Waals surface area contributed by atoms with Gasteiger partial charge in [0.15, 0.2) is 0 Å². The Balaban J connectivity index is 2.29. The molecule has 0 aromatic heterocycles. The molecule has 2 amide bonds. The summed E-state index contributed by atoms with van der Waals surface area (Å²) in [6.07, 6.45) is 0.816. The van der Waals surface area contributed by atoms with E-state index in [0.29, 0.717) is 26.2 Å². The summed E-state index contributed by atoms with van der Waals surface area (Å²) in [6, 6.07) is -0.0423. The number of nitrogens with one attached hydrogen (secondary N) is 1. The predicted molar refractivity (Wildman–Crippen MR) is 81.5 cm³/mol. The molecule has 0 saturated carbocycles. The highest BCUT2D eigenvalue weighted by atomic mass is 16.4. The second kappa shape index (κ2) is 9.57. The molecule has 7 nitrogen and oxygen atoms in total. The molecular formula is C14H28N4O3. The Bertz CT molecular complexity index is 334. The molecule has 1 aliphatic rings. The summed E-state index contributed by atoms with van der Waals surface area (Å²) in [5, 5.41) is 11.8. The van der Waals surface area contributed by atoms with Crippen LogP contribution in [0.4, 0.5) is 4.79 Å². The summed E-state index contributed by atoms with van der Waals surface area (Å²) >= 11 is 0. The fourth-order valence-electron chi connectivity index (χ4n) is 2.50. The molecule has 1 aliphatic heterocycles. The fourth-order valence-corrected chi connectivity index (χ4v) is 2.50. The summed E-state index contributed by atoms with van der Waals surface area (Å²) in [7, 11) is 0. The highest BCUT2D eigenvalue weighted by Gasteiger charge is 2.19. The van der Waals surface area contributed by atoms with Gasteiger partial charge >= 0.3 is 12.0 Å². The number of likely N-dealkylation sites (N-methyl/N-ethyl adjacent to an activating group) is 1. The first kappa shape index (κ1) is 17.7. The van der Waals surface area contributed by atoms with Gasteiger partial charge in [0.05, 0.1) is 6.54 Å². The van der Waals surface area contributed by atoms with Crippen molar-refractivity contribution in [1.82, 2.24) is 20.0 Å². The van der Waals surface area contributed by atoms with Crippen molar-refractivity contribution in [2.75, 3.05) is 58.9 Å². The molecule has 0 spiro atoms. The molecule has 0 bridgehead atoms. The molecule has 1 fully saturated rings. The minimum absolute atomic E-state index is 0.0423. The van der Waals surface area contributed by atoms with Gasteiger partial charge in [0.25, 0.3) is 0 Å². The van der Waals surface area contributed by atoms with E-state index in [1.165, 1.54) is 0 Å². The molecule has 0 atom stereocenters. The number of hydrogen-bond donors (Lipinski definition) is 2. The van der Waals surface area contributed by atoms with Gasteiger partial charge in [-0.1, -0.05) is 13.8 Å². The van der Waals surface area contributed by atoms with E-state index in [1.54, 1.807) is 4.90 Å². The van der Waals surface area contributed by atoms with Crippen molar-refractivity contribution >= 4 is 12.0 Å². The topological polar surface area (TPSA) is 76.1 Å². The minimum Gasteiger partial charge on any atom is -0.480 e. The quantitative estimate of drug-likeness (QED) is 0.699. The molecule has 21 heavy (non-hydrogen) atoms. The first-order chi connectivity index (χ1) is 10.1. The van der Waals surface area contributed by atoms with Gasteiger partial charge in [-0.3, -0.25) is 9.69 Å². The van der Waals surface area contributed by atoms with E-state index in [9.17, 15) is 9.59 Å². The Hall–Kier alpha value is -1.34. The molecule has 0 aromatic carbocycles. The lowest BCUT2D eigenvalue weighted by atomic mass is 10.4. The highest BCUT2D eigenvalue weighted by molar-refractivity contribution is 5.74. The van der Waals surface area contributed by atoms with Crippen LogP contribution in [-0.2, 0) is 4.79 Å². The number of carbonyl (C=O) groups excluding carboxylic acids is 1. The third-order valence-corrected chi connectivity index (χ3v) is 3.83. The van der Waals surface area contributed by atoms with E-state index < -0.39 is 5.97 Å². The fraction of sp³-hybridized carbons (Fsp3) is 0.857. The first-order valence-electron chi connectivity index (χ1n) is 7.76. The van der Waals surface area contributed by atoms with Crippen LogP contribution in [0.3, 0.4) is 0 Å². The van der Waals surface area contributed by atoms with Crippen molar-refractivity contribution in [3.05, 3.63) is 0 Å². The lowest BCUT2D eigenvalue weighted by Crippen LogP contribution is -2.44. The Morgan fingerprint density at radius 2 is 1.86 bits per heavy atom. The largest absolute Gasteiger partial charge is 0.480 e. The molecule has 122 valence electrons. The van der Waals surface area contributed by atoms with Gasteiger partial charge in [-0.25, -0.2) is 4.79 Å². The molecule has 1 saturated heterocycles. The molecular weight excluding hydrogens is 272 g/mol. The zero-order valence-electron chi connectivity index (χ0n) is 13.2. The van der Waals surface area contributed by atoms with Crippen LogP contribution >= 0.6 is 0 Å². The van der Waals surface area contributed by atoms with Gasteiger partial charge in [-0.15, -0.1) is 0 Å². The maximum Gasteiger partial charge on any atom is 0.317 e. The minimum atomic E-state index is -0.813. The zero-order chi connectivity index (χ0) is 15.7. The van der Waals surface area contributed by atoms with Crippen molar-refractivity contribution in [3.63, 3.8) is 0 Å². The number of carboxylic acids is 1. The van der Waals surface area contributed by atoms with Crippen LogP contribution in [0, 0.1) is 0 Å². The van der Waals surface area contributed by atoms with Crippen LogP contribution in [0.15, 0.2) is 0 Å². The maximum atomic E-state index is 12.1. The smallest absolute Gasteiger partial charge is 0.317 e. The van der Waals surface area contributed by atoms with Crippen LogP contribution in [0.25, 0.3) is 0 Å². The summed E-state index contributed by atoms with van der Waals surface area (Å²) in [5.74, 6) is -0.813. The molecule has 7 heteroatoms. The van der Waals surface area contributed by atoms with Crippen LogP contribution in [0.2, 0.25) is 0 Å². The standard InChI is InChI=1S/C14H28N4O3/c1-3-16(4-2)9-6-15-14(21)18-8-5-7-17(10-11-18)12-13(19)20/h3-12H2,1-2H3,(H,15,21)(H,19,20). The van der Waals surface area contributed by atoms with E-state index >= 15 is 0 Å². The van der Waals surface area contributed by atoms with Gasteiger partial charge in [0.1, 0.15) is 0 Å². The summed E-state index contributed by atoms with van der Waals surface area (Å²) in [5.41, 5.74) is 0. The van der Waals surface area contributed by atoms with E-state index in [0.717, 1.165) is 32.6 Å². The molecule has 0 aliphatic carbocycles. The van der Waals surface area contributed by atoms with Crippen molar-refractivity contribution in [2.24, 2.45) is 0 Å². The van der Waals surface area contributed by atoms with Crippen molar-refractivity contribution in [2.45, 2.75) is 20.3 Å². The second-order valence-electron chi connectivity index (χ2n) is 5.27. The maximum absolute atomic E-state index is 12.1. The molecule has 1 heterocycles. The Labute approximate surface area is 126 Å². The van der Waals surface area contributed by atoms with Crippen LogP contribution in [0.5, 0.6) is 0 Å². The number of hydrogen-bond acceptors (Lipinski definition) is 4. The van der Waals surface area contributed by atoms with E-state index in [1.807, 2.05) is 4.90 Å². The normalized spacial score (nSPS) is 16.8. The van der Waals surface area contributed by atoms with Crippen molar-refractivity contribution in [3.8, 4) is 0 Å². The molecule has 2 N–H and O–H groups in total. The monoisotopic (exact) mass is 300 g/mol. The number of carboxylic acid groups (broad SMARTS) is 1. The third-order valence-electron chi connectivity index (χ3n) is 3.83. The summed E-state index contributed by atoms with van der Waals surface area (Å²) < 4.78 is 0. The van der Waals surface area contributed by atoms with Crippen LogP contribution in [-0.4, -0.2) is 90.7 Å². The number of urea groups is 1. The molecule has 0 unspecified atom stereocenters. The van der Waals surface area contributed by atoms with Gasteiger partial charge in [-0.05, 0) is 19.5 Å². The lowest BCUT2D eigenvalue weighted by Gasteiger charge is -2.23. The number of carbonyl (C=O) groups is 2. The highest BCUT2D eigenvalue weighted by Crippen LogP contribution is 2.03. The van der Waals surface area contributed by atoms with Gasteiger partial charge < -0.3 is 20.2 Å². The lowest BCUT2D eigenvalue weighted by molar-refractivity contribution is -0.138.